The molecule has 0 bridgehead atoms. The molecule has 134 valence electrons. The summed E-state index contributed by atoms with van der Waals surface area (Å²) in [6.45, 7) is 8.42. The van der Waals surface area contributed by atoms with Crippen LogP contribution in [0.2, 0.25) is 0 Å². The molecule has 1 rings (SSSR count). The fourth-order valence-corrected chi connectivity index (χ4v) is 2.34. The van der Waals surface area contributed by atoms with E-state index in [4.69, 9.17) is 9.47 Å². The first kappa shape index (κ1) is 20.2. The van der Waals surface area contributed by atoms with Crippen molar-refractivity contribution in [2.45, 2.75) is 65.9 Å². The lowest BCUT2D eigenvalue weighted by Crippen LogP contribution is -2.20. The molecule has 0 aliphatic carbocycles. The predicted molar refractivity (Wildman–Crippen MR) is 95.2 cm³/mol. The van der Waals surface area contributed by atoms with Gasteiger partial charge in [-0.05, 0) is 37.3 Å². The Kier molecular flexibility index (Phi) is 9.13. The summed E-state index contributed by atoms with van der Waals surface area (Å²) in [5.41, 5.74) is 0.548. The zero-order valence-electron chi connectivity index (χ0n) is 15.3. The van der Waals surface area contributed by atoms with Crippen LogP contribution in [0.25, 0.3) is 0 Å². The van der Waals surface area contributed by atoms with Crippen molar-refractivity contribution >= 4 is 11.9 Å². The maximum Gasteiger partial charge on any atom is 0.339 e. The van der Waals surface area contributed by atoms with E-state index in [-0.39, 0.29) is 23.1 Å². The Bertz CT molecular complexity index is 522. The number of rotatable bonds is 10. The lowest BCUT2D eigenvalue weighted by molar-refractivity contribution is 0.0256. The molecule has 0 radical (unpaired) electrons. The Balaban J connectivity index is 2.77. The van der Waals surface area contributed by atoms with Crippen molar-refractivity contribution in [2.24, 2.45) is 5.92 Å². The fourth-order valence-electron chi connectivity index (χ4n) is 2.34. The van der Waals surface area contributed by atoms with Gasteiger partial charge in [0.1, 0.15) is 6.10 Å². The molecule has 0 fully saturated rings. The highest BCUT2D eigenvalue weighted by Gasteiger charge is 2.21. The summed E-state index contributed by atoms with van der Waals surface area (Å²) in [6, 6.07) is 6.68. The van der Waals surface area contributed by atoms with Crippen LogP contribution in [-0.2, 0) is 9.47 Å². The zero-order valence-corrected chi connectivity index (χ0v) is 15.3. The quantitative estimate of drug-likeness (QED) is 0.445. The van der Waals surface area contributed by atoms with Crippen molar-refractivity contribution in [3.05, 3.63) is 35.4 Å². The second kappa shape index (κ2) is 10.8. The molecule has 0 aliphatic heterocycles. The molecule has 0 amide bonds. The van der Waals surface area contributed by atoms with Crippen molar-refractivity contribution < 1.29 is 19.1 Å². The van der Waals surface area contributed by atoms with E-state index in [9.17, 15) is 9.59 Å². The molecule has 0 heterocycles. The van der Waals surface area contributed by atoms with Gasteiger partial charge in [0, 0.05) is 0 Å². The molecule has 1 atom stereocenters. The van der Waals surface area contributed by atoms with E-state index in [1.54, 1.807) is 24.3 Å². The van der Waals surface area contributed by atoms with Crippen LogP contribution in [-0.4, -0.2) is 24.6 Å². The number of hydrogen-bond acceptors (Lipinski definition) is 4. The molecule has 0 saturated carbocycles. The van der Waals surface area contributed by atoms with Crippen molar-refractivity contribution in [3.8, 4) is 0 Å². The highest BCUT2D eigenvalue weighted by Crippen LogP contribution is 2.17. The third-order valence-electron chi connectivity index (χ3n) is 3.77. The number of unbranched alkanes of at least 4 members (excludes halogenated alkanes) is 2. The first-order valence-corrected chi connectivity index (χ1v) is 8.96. The summed E-state index contributed by atoms with van der Waals surface area (Å²) in [5, 5.41) is 0. The molecule has 24 heavy (non-hydrogen) atoms. The van der Waals surface area contributed by atoms with Gasteiger partial charge >= 0.3 is 11.9 Å². The maximum atomic E-state index is 12.5. The third kappa shape index (κ3) is 6.73. The first-order valence-electron chi connectivity index (χ1n) is 8.96. The van der Waals surface area contributed by atoms with E-state index >= 15 is 0 Å². The fraction of sp³-hybridized carbons (Fsp3) is 0.600. The van der Waals surface area contributed by atoms with Gasteiger partial charge in [0.15, 0.2) is 0 Å². The molecule has 0 saturated heterocycles. The van der Waals surface area contributed by atoms with E-state index in [2.05, 4.69) is 6.92 Å². The van der Waals surface area contributed by atoms with Gasteiger partial charge in [-0.2, -0.15) is 0 Å². The smallest absolute Gasteiger partial charge is 0.339 e. The second-order valence-electron chi connectivity index (χ2n) is 6.47. The first-order chi connectivity index (χ1) is 11.5. The molecule has 1 unspecified atom stereocenters. The van der Waals surface area contributed by atoms with Crippen molar-refractivity contribution in [2.75, 3.05) is 6.61 Å². The van der Waals surface area contributed by atoms with Crippen LogP contribution < -0.4 is 0 Å². The second-order valence-corrected chi connectivity index (χ2v) is 6.47. The standard InChI is InChI=1S/C20H30O4/c1-5-7-8-11-16(6-2)24-20(22)18-13-10-9-12-17(18)19(21)23-14-15(3)4/h9-10,12-13,15-16H,5-8,11,14H2,1-4H3. The van der Waals surface area contributed by atoms with E-state index in [1.165, 1.54) is 0 Å². The molecule has 0 aliphatic rings. The molecule has 4 nitrogen and oxygen atoms in total. The summed E-state index contributed by atoms with van der Waals surface area (Å²) < 4.78 is 10.8. The maximum absolute atomic E-state index is 12.5. The van der Waals surface area contributed by atoms with Crippen molar-refractivity contribution in [1.82, 2.24) is 0 Å². The van der Waals surface area contributed by atoms with Crippen molar-refractivity contribution in [1.29, 1.82) is 0 Å². The summed E-state index contributed by atoms with van der Waals surface area (Å²) >= 11 is 0. The molecule has 4 heteroatoms. The van der Waals surface area contributed by atoms with Gasteiger partial charge in [-0.25, -0.2) is 9.59 Å². The van der Waals surface area contributed by atoms with Crippen LogP contribution >= 0.6 is 0 Å². The number of ether oxygens (including phenoxy) is 2. The van der Waals surface area contributed by atoms with Gasteiger partial charge in [-0.3, -0.25) is 0 Å². The SMILES string of the molecule is CCCCCC(CC)OC(=O)c1ccccc1C(=O)OCC(C)C. The van der Waals surface area contributed by atoms with E-state index in [0.717, 1.165) is 32.1 Å². The minimum Gasteiger partial charge on any atom is -0.462 e. The molecule has 1 aromatic rings. The Hall–Kier alpha value is -1.84. The van der Waals surface area contributed by atoms with E-state index in [1.807, 2.05) is 20.8 Å². The highest BCUT2D eigenvalue weighted by molar-refractivity contribution is 6.03. The number of carbonyl (C=O) groups excluding carboxylic acids is 2. The van der Waals surface area contributed by atoms with Crippen LogP contribution in [0.5, 0.6) is 0 Å². The topological polar surface area (TPSA) is 52.6 Å². The van der Waals surface area contributed by atoms with Gasteiger partial charge < -0.3 is 9.47 Å². The Morgan fingerprint density at radius 2 is 1.62 bits per heavy atom. The highest BCUT2D eigenvalue weighted by atomic mass is 16.5. The average Bonchev–Trinajstić information content (AvgIpc) is 2.58. The lowest BCUT2D eigenvalue weighted by Gasteiger charge is -2.17. The molecular formula is C20H30O4. The Morgan fingerprint density at radius 1 is 1.00 bits per heavy atom. The minimum atomic E-state index is -0.477. The lowest BCUT2D eigenvalue weighted by atomic mass is 10.1. The van der Waals surface area contributed by atoms with Gasteiger partial charge in [0.2, 0.25) is 0 Å². The zero-order chi connectivity index (χ0) is 17.9. The normalized spacial score (nSPS) is 12.0. The largest absolute Gasteiger partial charge is 0.462 e. The number of esters is 2. The number of benzene rings is 1. The van der Waals surface area contributed by atoms with Crippen LogP contribution in [0, 0.1) is 5.92 Å². The van der Waals surface area contributed by atoms with Gasteiger partial charge in [0.05, 0.1) is 17.7 Å². The Morgan fingerprint density at radius 3 is 2.17 bits per heavy atom. The molecule has 0 aromatic heterocycles. The Labute approximate surface area is 145 Å². The summed E-state index contributed by atoms with van der Waals surface area (Å²) in [5.74, 6) is -0.679. The minimum absolute atomic E-state index is 0.108. The van der Waals surface area contributed by atoms with E-state index < -0.39 is 11.9 Å². The van der Waals surface area contributed by atoms with Gasteiger partial charge in [-0.1, -0.05) is 52.7 Å². The molecular weight excluding hydrogens is 304 g/mol. The van der Waals surface area contributed by atoms with Crippen LogP contribution in [0.1, 0.15) is 80.5 Å². The summed E-state index contributed by atoms with van der Waals surface area (Å²) in [7, 11) is 0. The van der Waals surface area contributed by atoms with Crippen molar-refractivity contribution in [3.63, 3.8) is 0 Å². The summed E-state index contributed by atoms with van der Waals surface area (Å²) in [6.07, 6.45) is 4.83. The summed E-state index contributed by atoms with van der Waals surface area (Å²) in [4.78, 5) is 24.7. The molecule has 0 spiro atoms. The van der Waals surface area contributed by atoms with Gasteiger partial charge in [0.25, 0.3) is 0 Å². The third-order valence-corrected chi connectivity index (χ3v) is 3.77. The molecule has 1 aromatic carbocycles. The van der Waals surface area contributed by atoms with Crippen LogP contribution in [0.4, 0.5) is 0 Å². The number of hydrogen-bond donors (Lipinski definition) is 0. The average molecular weight is 334 g/mol. The number of carbonyl (C=O) groups is 2. The van der Waals surface area contributed by atoms with Gasteiger partial charge in [-0.15, -0.1) is 0 Å². The van der Waals surface area contributed by atoms with Crippen LogP contribution in [0.3, 0.4) is 0 Å². The predicted octanol–water partition coefficient (Wildman–Crippen LogP) is 5.02. The monoisotopic (exact) mass is 334 g/mol. The van der Waals surface area contributed by atoms with Crippen LogP contribution in [0.15, 0.2) is 24.3 Å². The van der Waals surface area contributed by atoms with E-state index in [0.29, 0.717) is 6.61 Å². The molecule has 0 N–H and O–H groups in total.